The average Bonchev–Trinajstić information content (AvgIpc) is 2.03. The second kappa shape index (κ2) is 8.36. The number of terminal acetylenes is 1. The standard InChI is InChI=1S/C6H10N2O.CH4N2O/c1-3-5(2)4-6(9)8-7;2-1(3)4/h1,5H,4,7H2,2H3,(H,8,9);(H4,2,3,4). The van der Waals surface area contributed by atoms with Crippen molar-refractivity contribution >= 4 is 11.9 Å². The minimum Gasteiger partial charge on any atom is -0.352 e. The van der Waals surface area contributed by atoms with Crippen LogP contribution in [0.5, 0.6) is 0 Å². The number of carbonyl (C=O) groups excluding carboxylic acids is 2. The number of primary amides is 2. The zero-order valence-electron chi connectivity index (χ0n) is 7.41. The molecule has 0 radical (unpaired) electrons. The van der Waals surface area contributed by atoms with Crippen molar-refractivity contribution in [1.29, 1.82) is 0 Å². The molecule has 3 amide bonds. The van der Waals surface area contributed by atoms with Crippen molar-refractivity contribution in [3.63, 3.8) is 0 Å². The first-order valence-electron chi connectivity index (χ1n) is 3.44. The van der Waals surface area contributed by atoms with Gasteiger partial charge >= 0.3 is 6.03 Å². The fourth-order valence-corrected chi connectivity index (χ4v) is 0.396. The number of nitrogens with two attached hydrogens (primary N) is 3. The lowest BCUT2D eigenvalue weighted by Crippen LogP contribution is -2.30. The van der Waals surface area contributed by atoms with Crippen LogP contribution in [0.3, 0.4) is 0 Å². The van der Waals surface area contributed by atoms with Crippen molar-refractivity contribution in [2.24, 2.45) is 23.2 Å². The van der Waals surface area contributed by atoms with E-state index < -0.39 is 6.03 Å². The summed E-state index contributed by atoms with van der Waals surface area (Å²) in [4.78, 5) is 19.4. The SMILES string of the molecule is C#CC(C)CC(=O)NN.NC(N)=O. The Morgan fingerprint density at radius 3 is 2.15 bits per heavy atom. The van der Waals surface area contributed by atoms with Crippen molar-refractivity contribution in [1.82, 2.24) is 5.43 Å². The summed E-state index contributed by atoms with van der Waals surface area (Å²) >= 11 is 0. The Balaban J connectivity index is 0. The Kier molecular flexibility index (Phi) is 8.89. The van der Waals surface area contributed by atoms with Crippen molar-refractivity contribution in [3.05, 3.63) is 0 Å². The van der Waals surface area contributed by atoms with Gasteiger partial charge in [0, 0.05) is 12.3 Å². The lowest BCUT2D eigenvalue weighted by atomic mass is 10.1. The highest BCUT2D eigenvalue weighted by Gasteiger charge is 2.02. The monoisotopic (exact) mass is 186 g/mol. The lowest BCUT2D eigenvalue weighted by molar-refractivity contribution is -0.121. The predicted molar refractivity (Wildman–Crippen MR) is 48.7 cm³/mol. The molecule has 0 aromatic carbocycles. The Hall–Kier alpha value is -1.74. The zero-order valence-corrected chi connectivity index (χ0v) is 7.41. The molecule has 6 heteroatoms. The third kappa shape index (κ3) is 17.9. The number of hydrogen-bond acceptors (Lipinski definition) is 3. The highest BCUT2D eigenvalue weighted by Crippen LogP contribution is 1.96. The summed E-state index contributed by atoms with van der Waals surface area (Å²) in [5.41, 5.74) is 10.5. The van der Waals surface area contributed by atoms with Gasteiger partial charge in [-0.25, -0.2) is 10.6 Å². The Bertz CT molecular complexity index is 205. The summed E-state index contributed by atoms with van der Waals surface area (Å²) in [5.74, 6) is 6.97. The van der Waals surface area contributed by atoms with Gasteiger partial charge in [0.2, 0.25) is 5.91 Å². The molecule has 0 aliphatic carbocycles. The van der Waals surface area contributed by atoms with E-state index in [1.165, 1.54) is 0 Å². The maximum Gasteiger partial charge on any atom is 0.309 e. The molecule has 7 N–H and O–H groups in total. The van der Waals surface area contributed by atoms with Gasteiger partial charge in [-0.05, 0) is 0 Å². The van der Waals surface area contributed by atoms with Crippen LogP contribution in [0.1, 0.15) is 13.3 Å². The average molecular weight is 186 g/mol. The Morgan fingerprint density at radius 1 is 1.54 bits per heavy atom. The number of carbonyl (C=O) groups is 2. The minimum atomic E-state index is -0.833. The normalized spacial score (nSPS) is 9.92. The van der Waals surface area contributed by atoms with Crippen LogP contribution in [0.4, 0.5) is 4.79 Å². The van der Waals surface area contributed by atoms with Crippen LogP contribution in [0.25, 0.3) is 0 Å². The summed E-state index contributed by atoms with van der Waals surface area (Å²) in [6.07, 6.45) is 5.30. The van der Waals surface area contributed by atoms with Gasteiger partial charge in [-0.2, -0.15) is 0 Å². The molecule has 0 rings (SSSR count). The molecule has 1 unspecified atom stereocenters. The van der Waals surface area contributed by atoms with E-state index in [0.717, 1.165) is 0 Å². The van der Waals surface area contributed by atoms with Gasteiger partial charge in [-0.3, -0.25) is 10.2 Å². The third-order valence-corrected chi connectivity index (χ3v) is 0.937. The van der Waals surface area contributed by atoms with E-state index in [2.05, 4.69) is 17.4 Å². The van der Waals surface area contributed by atoms with Gasteiger partial charge in [0.15, 0.2) is 0 Å². The van der Waals surface area contributed by atoms with E-state index in [9.17, 15) is 4.79 Å². The van der Waals surface area contributed by atoms with Crippen molar-refractivity contribution < 1.29 is 9.59 Å². The number of rotatable bonds is 2. The number of nitrogens with one attached hydrogen (secondary N) is 1. The molecule has 0 saturated heterocycles. The third-order valence-electron chi connectivity index (χ3n) is 0.937. The fraction of sp³-hybridized carbons (Fsp3) is 0.429. The maximum absolute atomic E-state index is 10.4. The zero-order chi connectivity index (χ0) is 10.9. The molecule has 0 heterocycles. The topological polar surface area (TPSA) is 124 Å². The first-order valence-corrected chi connectivity index (χ1v) is 3.44. The van der Waals surface area contributed by atoms with Crippen LogP contribution < -0.4 is 22.7 Å². The van der Waals surface area contributed by atoms with E-state index in [0.29, 0.717) is 6.42 Å². The van der Waals surface area contributed by atoms with E-state index >= 15 is 0 Å². The summed E-state index contributed by atoms with van der Waals surface area (Å²) in [6, 6.07) is -0.833. The quantitative estimate of drug-likeness (QED) is 0.184. The van der Waals surface area contributed by atoms with Crippen molar-refractivity contribution in [2.45, 2.75) is 13.3 Å². The Morgan fingerprint density at radius 2 is 1.92 bits per heavy atom. The fourth-order valence-electron chi connectivity index (χ4n) is 0.396. The largest absolute Gasteiger partial charge is 0.352 e. The highest BCUT2D eigenvalue weighted by atomic mass is 16.2. The van der Waals surface area contributed by atoms with E-state index in [1.807, 2.05) is 5.43 Å². The molecule has 0 aromatic rings. The predicted octanol–water partition coefficient (Wildman–Crippen LogP) is -1.34. The van der Waals surface area contributed by atoms with Crippen LogP contribution in [0.15, 0.2) is 0 Å². The molecule has 0 spiro atoms. The number of amides is 3. The number of urea groups is 1. The molecule has 6 nitrogen and oxygen atoms in total. The molecule has 13 heavy (non-hydrogen) atoms. The summed E-state index contributed by atoms with van der Waals surface area (Å²) in [6.45, 7) is 1.79. The van der Waals surface area contributed by atoms with Gasteiger partial charge < -0.3 is 11.5 Å². The molecule has 1 atom stereocenters. The molecule has 0 bridgehead atoms. The van der Waals surface area contributed by atoms with Gasteiger partial charge in [-0.15, -0.1) is 12.3 Å². The van der Waals surface area contributed by atoms with Crippen LogP contribution >= 0.6 is 0 Å². The summed E-state index contributed by atoms with van der Waals surface area (Å²) in [5, 5.41) is 0. The second-order valence-corrected chi connectivity index (χ2v) is 2.24. The van der Waals surface area contributed by atoms with Gasteiger partial charge in [0.1, 0.15) is 0 Å². The number of hydrazine groups is 1. The van der Waals surface area contributed by atoms with Crippen LogP contribution in [0, 0.1) is 18.3 Å². The minimum absolute atomic E-state index is 0.0338. The first-order chi connectivity index (χ1) is 5.93. The molecule has 74 valence electrons. The molecular weight excluding hydrogens is 172 g/mol. The van der Waals surface area contributed by atoms with Crippen LogP contribution in [0.2, 0.25) is 0 Å². The second-order valence-electron chi connectivity index (χ2n) is 2.24. The van der Waals surface area contributed by atoms with Gasteiger partial charge in [0.05, 0.1) is 0 Å². The molecule has 0 aliphatic heterocycles. The number of hydrogen-bond donors (Lipinski definition) is 4. The van der Waals surface area contributed by atoms with Gasteiger partial charge in [0.25, 0.3) is 0 Å². The molecule has 0 fully saturated rings. The van der Waals surface area contributed by atoms with E-state index in [4.69, 9.17) is 17.1 Å². The van der Waals surface area contributed by atoms with E-state index in [-0.39, 0.29) is 11.8 Å². The van der Waals surface area contributed by atoms with Crippen molar-refractivity contribution in [3.8, 4) is 12.3 Å². The first kappa shape index (κ1) is 13.8. The lowest BCUT2D eigenvalue weighted by Gasteiger charge is -1.99. The molecule has 0 aromatic heterocycles. The summed E-state index contributed by atoms with van der Waals surface area (Å²) in [7, 11) is 0. The van der Waals surface area contributed by atoms with Crippen molar-refractivity contribution in [2.75, 3.05) is 0 Å². The molecular formula is C7H14N4O2. The summed E-state index contributed by atoms with van der Waals surface area (Å²) < 4.78 is 0. The Labute approximate surface area is 76.8 Å². The highest BCUT2D eigenvalue weighted by molar-refractivity contribution is 5.75. The van der Waals surface area contributed by atoms with E-state index in [1.54, 1.807) is 6.92 Å². The molecule has 0 aliphatic rings. The van der Waals surface area contributed by atoms with Crippen LogP contribution in [-0.4, -0.2) is 11.9 Å². The smallest absolute Gasteiger partial charge is 0.309 e. The maximum atomic E-state index is 10.4. The van der Waals surface area contributed by atoms with Gasteiger partial charge in [-0.1, -0.05) is 6.92 Å². The van der Waals surface area contributed by atoms with Crippen LogP contribution in [-0.2, 0) is 4.79 Å². The molecule has 0 saturated carbocycles.